The Morgan fingerprint density at radius 1 is 0.958 bits per heavy atom. The van der Waals surface area contributed by atoms with Gasteiger partial charge in [0.05, 0.1) is 12.7 Å². The second kappa shape index (κ2) is 7.18. The predicted octanol–water partition coefficient (Wildman–Crippen LogP) is 5.39. The molecule has 3 nitrogen and oxygen atoms in total. The van der Waals surface area contributed by atoms with Gasteiger partial charge in [0, 0.05) is 5.56 Å². The highest BCUT2D eigenvalue weighted by Gasteiger charge is 2.13. The lowest BCUT2D eigenvalue weighted by molar-refractivity contribution is 0.0303. The van der Waals surface area contributed by atoms with Gasteiger partial charge >= 0.3 is 0 Å². The summed E-state index contributed by atoms with van der Waals surface area (Å²) in [5, 5.41) is 0. The molecule has 124 valence electrons. The van der Waals surface area contributed by atoms with E-state index in [-0.39, 0.29) is 0 Å². The number of para-hydroxylation sites is 2. The number of aromatic nitrogens is 1. The Bertz CT molecular complexity index is 752. The second-order valence-electron chi connectivity index (χ2n) is 6.56. The predicted molar refractivity (Wildman–Crippen MR) is 96.0 cm³/mol. The smallest absolute Gasteiger partial charge is 0.227 e. The van der Waals surface area contributed by atoms with Crippen LogP contribution in [0.25, 0.3) is 22.6 Å². The van der Waals surface area contributed by atoms with Crippen molar-refractivity contribution in [2.24, 2.45) is 0 Å². The van der Waals surface area contributed by atoms with Crippen LogP contribution in [0.15, 0.2) is 52.9 Å². The third kappa shape index (κ3) is 3.51. The number of rotatable bonds is 5. The van der Waals surface area contributed by atoms with E-state index in [2.05, 4.69) is 29.2 Å². The van der Waals surface area contributed by atoms with Crippen LogP contribution in [0.4, 0.5) is 0 Å². The van der Waals surface area contributed by atoms with Crippen LogP contribution >= 0.6 is 0 Å². The maximum atomic E-state index is 6.01. The van der Waals surface area contributed by atoms with Gasteiger partial charge in [0.15, 0.2) is 5.58 Å². The molecule has 0 aliphatic heterocycles. The molecule has 3 heteroatoms. The first-order chi connectivity index (χ1) is 11.9. The monoisotopic (exact) mass is 321 g/mol. The van der Waals surface area contributed by atoms with E-state index in [0.717, 1.165) is 29.7 Å². The number of nitrogens with zero attached hydrogens (tertiary/aromatic N) is 1. The lowest BCUT2D eigenvalue weighted by atomic mass is 9.98. The second-order valence-corrected chi connectivity index (χ2v) is 6.56. The number of hydrogen-bond donors (Lipinski definition) is 0. The van der Waals surface area contributed by atoms with Crippen molar-refractivity contribution < 1.29 is 9.15 Å². The molecule has 0 atom stereocenters. The lowest BCUT2D eigenvalue weighted by Gasteiger charge is -2.21. The fourth-order valence-electron chi connectivity index (χ4n) is 3.38. The molecule has 1 heterocycles. The van der Waals surface area contributed by atoms with Crippen LogP contribution in [0.3, 0.4) is 0 Å². The van der Waals surface area contributed by atoms with E-state index < -0.39 is 0 Å². The Morgan fingerprint density at radius 2 is 1.75 bits per heavy atom. The Labute approximate surface area is 142 Å². The van der Waals surface area contributed by atoms with E-state index in [4.69, 9.17) is 9.15 Å². The van der Waals surface area contributed by atoms with Gasteiger partial charge in [-0.25, -0.2) is 4.98 Å². The number of oxazole rings is 1. The first-order valence-electron chi connectivity index (χ1n) is 8.95. The molecule has 1 fully saturated rings. The van der Waals surface area contributed by atoms with Crippen molar-refractivity contribution in [3.05, 3.63) is 54.1 Å². The zero-order valence-electron chi connectivity index (χ0n) is 13.9. The maximum Gasteiger partial charge on any atom is 0.227 e. The van der Waals surface area contributed by atoms with Crippen molar-refractivity contribution in [1.82, 2.24) is 4.98 Å². The third-order valence-corrected chi connectivity index (χ3v) is 4.79. The third-order valence-electron chi connectivity index (χ3n) is 4.79. The molecule has 1 aromatic heterocycles. The van der Waals surface area contributed by atoms with Gasteiger partial charge in [0.25, 0.3) is 0 Å². The molecule has 3 aromatic rings. The normalized spacial score (nSPS) is 15.8. The van der Waals surface area contributed by atoms with Crippen LogP contribution < -0.4 is 0 Å². The summed E-state index contributed by atoms with van der Waals surface area (Å²) in [5.41, 5.74) is 4.05. The summed E-state index contributed by atoms with van der Waals surface area (Å²) in [4.78, 5) is 4.54. The largest absolute Gasteiger partial charge is 0.436 e. The molecule has 0 radical (unpaired) electrons. The summed E-state index contributed by atoms with van der Waals surface area (Å²) < 4.78 is 11.8. The van der Waals surface area contributed by atoms with Crippen molar-refractivity contribution in [2.75, 3.05) is 6.61 Å². The molecule has 1 saturated carbocycles. The Morgan fingerprint density at radius 3 is 2.54 bits per heavy atom. The van der Waals surface area contributed by atoms with Gasteiger partial charge < -0.3 is 9.15 Å². The van der Waals surface area contributed by atoms with Crippen LogP contribution in [-0.2, 0) is 11.2 Å². The molecule has 1 aliphatic rings. The maximum absolute atomic E-state index is 6.01. The summed E-state index contributed by atoms with van der Waals surface area (Å²) in [5.74, 6) is 0.682. The van der Waals surface area contributed by atoms with Crippen molar-refractivity contribution in [1.29, 1.82) is 0 Å². The molecular formula is C21H23NO2. The first-order valence-corrected chi connectivity index (χ1v) is 8.95. The minimum Gasteiger partial charge on any atom is -0.436 e. The van der Waals surface area contributed by atoms with Crippen molar-refractivity contribution in [3.8, 4) is 11.5 Å². The molecule has 0 N–H and O–H groups in total. The van der Waals surface area contributed by atoms with Crippen LogP contribution in [0, 0.1) is 0 Å². The van der Waals surface area contributed by atoms with E-state index in [1.54, 1.807) is 0 Å². The Kier molecular flexibility index (Phi) is 4.61. The van der Waals surface area contributed by atoms with E-state index in [1.165, 1.54) is 37.7 Å². The molecule has 4 rings (SSSR count). The number of ether oxygens (including phenoxy) is 1. The molecule has 0 unspecified atom stereocenters. The van der Waals surface area contributed by atoms with Gasteiger partial charge in [-0.3, -0.25) is 0 Å². The van der Waals surface area contributed by atoms with Crippen LogP contribution in [0.2, 0.25) is 0 Å². The van der Waals surface area contributed by atoms with Gasteiger partial charge in [0.1, 0.15) is 5.52 Å². The quantitative estimate of drug-likeness (QED) is 0.632. The van der Waals surface area contributed by atoms with Gasteiger partial charge in [-0.2, -0.15) is 0 Å². The molecule has 0 bridgehead atoms. The molecule has 24 heavy (non-hydrogen) atoms. The highest BCUT2D eigenvalue weighted by molar-refractivity contribution is 5.75. The SMILES string of the molecule is c1ccc2oc(-c3ccc(CCOC4CCCCC4)cc3)nc2c1. The summed E-state index contributed by atoms with van der Waals surface area (Å²) in [6.45, 7) is 0.812. The average molecular weight is 321 g/mol. The van der Waals surface area contributed by atoms with E-state index in [9.17, 15) is 0 Å². The minimum atomic E-state index is 0.484. The highest BCUT2D eigenvalue weighted by atomic mass is 16.5. The minimum absolute atomic E-state index is 0.484. The van der Waals surface area contributed by atoms with Crippen molar-refractivity contribution >= 4 is 11.1 Å². The average Bonchev–Trinajstić information content (AvgIpc) is 3.07. The van der Waals surface area contributed by atoms with Crippen molar-refractivity contribution in [2.45, 2.75) is 44.6 Å². The van der Waals surface area contributed by atoms with Crippen molar-refractivity contribution in [3.63, 3.8) is 0 Å². The summed E-state index contributed by atoms with van der Waals surface area (Å²) in [6.07, 6.45) is 7.93. The Balaban J connectivity index is 1.37. The van der Waals surface area contributed by atoms with Gasteiger partial charge in [-0.05, 0) is 49.1 Å². The lowest BCUT2D eigenvalue weighted by Crippen LogP contribution is -2.17. The zero-order chi connectivity index (χ0) is 16.2. The molecule has 0 spiro atoms. The standard InChI is InChI=1S/C21H23NO2/c1-2-6-18(7-3-1)23-15-14-16-10-12-17(13-11-16)21-22-19-8-4-5-9-20(19)24-21/h4-5,8-13,18H,1-3,6-7,14-15H2. The van der Waals surface area contributed by atoms with Gasteiger partial charge in [-0.1, -0.05) is 43.5 Å². The first kappa shape index (κ1) is 15.4. The van der Waals surface area contributed by atoms with Gasteiger partial charge in [0.2, 0.25) is 5.89 Å². The fraction of sp³-hybridized carbons (Fsp3) is 0.381. The molecule has 0 saturated heterocycles. The number of benzene rings is 2. The highest BCUT2D eigenvalue weighted by Crippen LogP contribution is 2.24. The number of hydrogen-bond acceptors (Lipinski definition) is 3. The van der Waals surface area contributed by atoms with E-state index in [1.807, 2.05) is 24.3 Å². The molecule has 1 aliphatic carbocycles. The van der Waals surface area contributed by atoms with Crippen LogP contribution in [-0.4, -0.2) is 17.7 Å². The fourth-order valence-corrected chi connectivity index (χ4v) is 3.38. The summed E-state index contributed by atoms with van der Waals surface area (Å²) in [6, 6.07) is 16.3. The van der Waals surface area contributed by atoms with E-state index >= 15 is 0 Å². The van der Waals surface area contributed by atoms with Crippen LogP contribution in [0.5, 0.6) is 0 Å². The van der Waals surface area contributed by atoms with Crippen LogP contribution in [0.1, 0.15) is 37.7 Å². The Hall–Kier alpha value is -2.13. The summed E-state index contributed by atoms with van der Waals surface area (Å²) in [7, 11) is 0. The van der Waals surface area contributed by atoms with Gasteiger partial charge in [-0.15, -0.1) is 0 Å². The number of fused-ring (bicyclic) bond motifs is 1. The van der Waals surface area contributed by atoms with E-state index in [0.29, 0.717) is 12.0 Å². The summed E-state index contributed by atoms with van der Waals surface area (Å²) >= 11 is 0. The zero-order valence-corrected chi connectivity index (χ0v) is 13.9. The molecule has 2 aromatic carbocycles. The molecule has 0 amide bonds. The topological polar surface area (TPSA) is 35.3 Å². The molecular weight excluding hydrogens is 298 g/mol.